The van der Waals surface area contributed by atoms with Crippen molar-refractivity contribution in [2.45, 2.75) is 70.0 Å². The SMILES string of the molecule is COc1ccc(N(CCCC(=O)N(Cc2cccc(Br)c2)[C@H](Cc2ccccc2)C(=O)NC2CCCCC2)S(C)(=O)=O)cc1. The Morgan fingerprint density at radius 1 is 0.955 bits per heavy atom. The number of nitrogens with one attached hydrogen (secondary N) is 1. The lowest BCUT2D eigenvalue weighted by Crippen LogP contribution is -2.52. The fourth-order valence-corrected chi connectivity index (χ4v) is 7.09. The monoisotopic (exact) mass is 683 g/mol. The molecule has 1 aliphatic rings. The summed E-state index contributed by atoms with van der Waals surface area (Å²) in [7, 11) is -2.05. The molecule has 3 aromatic rings. The van der Waals surface area contributed by atoms with Crippen LogP contribution in [0, 0.1) is 0 Å². The number of hydrogen-bond donors (Lipinski definition) is 1. The van der Waals surface area contributed by atoms with E-state index in [0.717, 1.165) is 47.5 Å². The maximum absolute atomic E-state index is 14.1. The standard InChI is InChI=1S/C34H42BrN3O5S/c1-43-31-20-18-30(19-21-31)38(44(2,41)42)22-10-17-33(39)37(25-27-13-9-14-28(35)23-27)32(24-26-11-5-3-6-12-26)34(40)36-29-15-7-4-8-16-29/h3,5-6,9,11-14,18-21,23,29,32H,4,7-8,10,15-17,22,24-25H2,1-2H3,(H,36,40)/t32-/m1/s1. The van der Waals surface area contributed by atoms with Gasteiger partial charge in [0.1, 0.15) is 11.8 Å². The van der Waals surface area contributed by atoms with E-state index in [9.17, 15) is 18.0 Å². The molecule has 1 N–H and O–H groups in total. The molecular formula is C34H42BrN3O5S. The number of anilines is 1. The predicted molar refractivity (Wildman–Crippen MR) is 178 cm³/mol. The molecular weight excluding hydrogens is 642 g/mol. The van der Waals surface area contributed by atoms with Gasteiger partial charge in [-0.1, -0.05) is 77.7 Å². The van der Waals surface area contributed by atoms with E-state index >= 15 is 0 Å². The maximum Gasteiger partial charge on any atom is 0.243 e. The van der Waals surface area contributed by atoms with Gasteiger partial charge >= 0.3 is 0 Å². The molecule has 1 fully saturated rings. The summed E-state index contributed by atoms with van der Waals surface area (Å²) in [6.07, 6.45) is 7.12. The first-order valence-electron chi connectivity index (χ1n) is 15.1. The first kappa shape index (κ1) is 33.5. The van der Waals surface area contributed by atoms with Gasteiger partial charge in [0.05, 0.1) is 19.1 Å². The molecule has 0 saturated heterocycles. The van der Waals surface area contributed by atoms with Gasteiger partial charge in [-0.3, -0.25) is 13.9 Å². The lowest BCUT2D eigenvalue weighted by Gasteiger charge is -2.34. The lowest BCUT2D eigenvalue weighted by atomic mass is 9.94. The Bertz CT molecular complexity index is 1480. The molecule has 0 bridgehead atoms. The van der Waals surface area contributed by atoms with E-state index in [-0.39, 0.29) is 43.8 Å². The highest BCUT2D eigenvalue weighted by molar-refractivity contribution is 9.10. The van der Waals surface area contributed by atoms with E-state index in [1.807, 2.05) is 54.6 Å². The van der Waals surface area contributed by atoms with E-state index in [1.165, 1.54) is 10.7 Å². The normalized spacial score (nSPS) is 14.4. The first-order chi connectivity index (χ1) is 21.1. The molecule has 0 spiro atoms. The molecule has 236 valence electrons. The smallest absolute Gasteiger partial charge is 0.243 e. The van der Waals surface area contributed by atoms with Gasteiger partial charge in [0, 0.05) is 36.4 Å². The zero-order chi connectivity index (χ0) is 31.5. The zero-order valence-corrected chi connectivity index (χ0v) is 27.9. The highest BCUT2D eigenvalue weighted by Crippen LogP contribution is 2.24. The van der Waals surface area contributed by atoms with Crippen molar-refractivity contribution >= 4 is 43.5 Å². The largest absolute Gasteiger partial charge is 0.497 e. The average molecular weight is 685 g/mol. The number of carbonyl (C=O) groups is 2. The van der Waals surface area contributed by atoms with Gasteiger partial charge in [-0.25, -0.2) is 8.42 Å². The molecule has 0 aliphatic heterocycles. The summed E-state index contributed by atoms with van der Waals surface area (Å²) >= 11 is 3.53. The Labute approximate surface area is 270 Å². The molecule has 1 aliphatic carbocycles. The molecule has 0 aromatic heterocycles. The van der Waals surface area contributed by atoms with Gasteiger partial charge in [0.25, 0.3) is 0 Å². The van der Waals surface area contributed by atoms with Crippen molar-refractivity contribution in [3.8, 4) is 5.75 Å². The summed E-state index contributed by atoms with van der Waals surface area (Å²) in [5.41, 5.74) is 2.36. The summed E-state index contributed by atoms with van der Waals surface area (Å²) in [4.78, 5) is 29.7. The Morgan fingerprint density at radius 3 is 2.27 bits per heavy atom. The molecule has 4 rings (SSSR count). The molecule has 1 atom stereocenters. The minimum atomic E-state index is -3.60. The fraction of sp³-hybridized carbons (Fsp3) is 0.412. The Morgan fingerprint density at radius 2 is 1.64 bits per heavy atom. The number of halogens is 1. The molecule has 0 unspecified atom stereocenters. The number of rotatable bonds is 14. The van der Waals surface area contributed by atoms with Crippen LogP contribution in [0.4, 0.5) is 5.69 Å². The van der Waals surface area contributed by atoms with Crippen LogP contribution >= 0.6 is 15.9 Å². The fourth-order valence-electron chi connectivity index (χ4n) is 5.68. The summed E-state index contributed by atoms with van der Waals surface area (Å²) in [6.45, 7) is 0.376. The third kappa shape index (κ3) is 9.82. The van der Waals surface area contributed by atoms with Crippen LogP contribution in [0.15, 0.2) is 83.3 Å². The molecule has 10 heteroatoms. The minimum Gasteiger partial charge on any atom is -0.497 e. The van der Waals surface area contributed by atoms with Gasteiger partial charge < -0.3 is 15.0 Å². The first-order valence-corrected chi connectivity index (χ1v) is 17.8. The van der Waals surface area contributed by atoms with Crippen LogP contribution in [0.2, 0.25) is 0 Å². The maximum atomic E-state index is 14.1. The second-order valence-electron chi connectivity index (χ2n) is 11.3. The number of carbonyl (C=O) groups excluding carboxylic acids is 2. The highest BCUT2D eigenvalue weighted by atomic mass is 79.9. The zero-order valence-electron chi connectivity index (χ0n) is 25.5. The third-order valence-electron chi connectivity index (χ3n) is 7.98. The van der Waals surface area contributed by atoms with E-state index < -0.39 is 16.1 Å². The van der Waals surface area contributed by atoms with Crippen molar-refractivity contribution < 1.29 is 22.7 Å². The molecule has 1 saturated carbocycles. The quantitative estimate of drug-likeness (QED) is 0.222. The second-order valence-corrected chi connectivity index (χ2v) is 14.2. The second kappa shape index (κ2) is 16.1. The molecule has 0 radical (unpaired) electrons. The van der Waals surface area contributed by atoms with Crippen molar-refractivity contribution in [3.63, 3.8) is 0 Å². The number of hydrogen-bond acceptors (Lipinski definition) is 5. The van der Waals surface area contributed by atoms with Gasteiger partial charge in [-0.15, -0.1) is 0 Å². The van der Waals surface area contributed by atoms with Crippen LogP contribution in [0.3, 0.4) is 0 Å². The van der Waals surface area contributed by atoms with Crippen LogP contribution in [0.5, 0.6) is 5.75 Å². The van der Waals surface area contributed by atoms with Gasteiger partial charge in [-0.05, 0) is 66.8 Å². The number of amides is 2. The Balaban J connectivity index is 1.58. The molecule has 8 nitrogen and oxygen atoms in total. The van der Waals surface area contributed by atoms with Crippen LogP contribution in [-0.4, -0.2) is 57.1 Å². The molecule has 44 heavy (non-hydrogen) atoms. The van der Waals surface area contributed by atoms with Crippen LogP contribution in [0.1, 0.15) is 56.1 Å². The van der Waals surface area contributed by atoms with E-state index in [2.05, 4.69) is 21.2 Å². The molecule has 0 heterocycles. The summed E-state index contributed by atoms with van der Waals surface area (Å²) in [5, 5.41) is 3.26. The van der Waals surface area contributed by atoms with E-state index in [0.29, 0.717) is 17.9 Å². The number of nitrogens with zero attached hydrogens (tertiary/aromatic N) is 2. The lowest BCUT2D eigenvalue weighted by molar-refractivity contribution is -0.141. The van der Waals surface area contributed by atoms with Crippen molar-refractivity contribution in [3.05, 3.63) is 94.5 Å². The predicted octanol–water partition coefficient (Wildman–Crippen LogP) is 6.09. The van der Waals surface area contributed by atoms with Crippen LogP contribution in [-0.2, 0) is 32.6 Å². The van der Waals surface area contributed by atoms with Gasteiger partial charge in [-0.2, -0.15) is 0 Å². The van der Waals surface area contributed by atoms with Crippen molar-refractivity contribution in [1.82, 2.24) is 10.2 Å². The topological polar surface area (TPSA) is 96.0 Å². The minimum absolute atomic E-state index is 0.0815. The average Bonchev–Trinajstić information content (AvgIpc) is 3.01. The molecule has 2 amide bonds. The van der Waals surface area contributed by atoms with Crippen molar-refractivity contribution in [2.24, 2.45) is 0 Å². The Kier molecular flexibility index (Phi) is 12.3. The number of sulfonamides is 1. The van der Waals surface area contributed by atoms with Crippen molar-refractivity contribution in [2.75, 3.05) is 24.2 Å². The third-order valence-corrected chi connectivity index (χ3v) is 9.66. The van der Waals surface area contributed by atoms with E-state index in [4.69, 9.17) is 4.74 Å². The van der Waals surface area contributed by atoms with Gasteiger partial charge in [0.2, 0.25) is 21.8 Å². The summed E-state index contributed by atoms with van der Waals surface area (Å²) < 4.78 is 32.8. The van der Waals surface area contributed by atoms with Crippen LogP contribution in [0.25, 0.3) is 0 Å². The van der Waals surface area contributed by atoms with Crippen LogP contribution < -0.4 is 14.4 Å². The summed E-state index contributed by atoms with van der Waals surface area (Å²) in [5.74, 6) is 0.268. The summed E-state index contributed by atoms with van der Waals surface area (Å²) in [6, 6.07) is 23.6. The van der Waals surface area contributed by atoms with E-state index in [1.54, 1.807) is 36.3 Å². The molecule has 3 aromatic carbocycles. The number of benzene rings is 3. The number of methoxy groups -OCH3 is 1. The number of ether oxygens (including phenoxy) is 1. The highest BCUT2D eigenvalue weighted by Gasteiger charge is 2.32. The van der Waals surface area contributed by atoms with Gasteiger partial charge in [0.15, 0.2) is 0 Å². The van der Waals surface area contributed by atoms with Crippen molar-refractivity contribution in [1.29, 1.82) is 0 Å². The Hall–Kier alpha value is -3.37.